The van der Waals surface area contributed by atoms with Crippen LogP contribution in [0.5, 0.6) is 0 Å². The van der Waals surface area contributed by atoms with Crippen molar-refractivity contribution in [1.29, 1.82) is 15.8 Å². The summed E-state index contributed by atoms with van der Waals surface area (Å²) in [6, 6.07) is 3.35. The van der Waals surface area contributed by atoms with Crippen LogP contribution in [0.1, 0.15) is 33.4 Å². The van der Waals surface area contributed by atoms with Gasteiger partial charge in [-0.1, -0.05) is 69.6 Å². The van der Waals surface area contributed by atoms with E-state index in [-0.39, 0.29) is 0 Å². The molecule has 24 heteroatoms. The van der Waals surface area contributed by atoms with Crippen molar-refractivity contribution in [3.05, 3.63) is 115 Å². The van der Waals surface area contributed by atoms with Crippen LogP contribution < -0.4 is 0 Å². The van der Waals surface area contributed by atoms with E-state index in [4.69, 9.17) is 69.6 Å². The molecular weight excluding hydrogens is 900 g/mol. The normalized spacial score (nSPS) is 16.1. The Bertz CT molecular complexity index is 2090. The highest BCUT2D eigenvalue weighted by atomic mass is 35.5. The summed E-state index contributed by atoms with van der Waals surface area (Å²) in [5, 5.41) is 18.9. The van der Waals surface area contributed by atoms with Gasteiger partial charge < -0.3 is 0 Å². The minimum Gasteiger partial charge on any atom is -0.205 e. The van der Waals surface area contributed by atoms with Crippen molar-refractivity contribution >= 4 is 86.3 Å². The molecule has 1 fully saturated rings. The van der Waals surface area contributed by atoms with E-state index in [1.54, 1.807) is 0 Å². The third kappa shape index (κ3) is 6.69. The molecule has 0 saturated heterocycles. The molecule has 0 spiro atoms. The predicted octanol–water partition coefficient (Wildman–Crippen LogP) is 13.7. The molecule has 1 saturated carbocycles. The van der Waals surface area contributed by atoms with Crippen LogP contribution in [-0.2, 0) is 18.5 Å². The average Bonchev–Trinajstić information content (AvgIpc) is 3.76. The van der Waals surface area contributed by atoms with Gasteiger partial charge in [0, 0.05) is 27.8 Å². The van der Waals surface area contributed by atoms with Crippen molar-refractivity contribution in [2.45, 2.75) is 18.5 Å². The first-order valence-electron chi connectivity index (χ1n) is 12.9. The molecule has 1 aliphatic carbocycles. The number of benzene rings is 3. The Balaban J connectivity index is 2.38. The van der Waals surface area contributed by atoms with Crippen LogP contribution in [-0.4, -0.2) is 0 Å². The maximum Gasteiger partial charge on any atom is 0.422 e. The number of hydrogen-bond acceptors (Lipinski definition) is 3. The van der Waals surface area contributed by atoms with E-state index >= 15 is 8.78 Å². The van der Waals surface area contributed by atoms with Gasteiger partial charge in [0.2, 0.25) is 0 Å². The highest BCUT2D eigenvalue weighted by Gasteiger charge is 2.49. The Kier molecular flexibility index (Phi) is 11.3. The lowest BCUT2D eigenvalue weighted by Gasteiger charge is -2.15. The van der Waals surface area contributed by atoms with Gasteiger partial charge in [-0.25, -0.2) is 26.3 Å². The summed E-state index contributed by atoms with van der Waals surface area (Å²) in [6.07, 6.45) is -17.5. The van der Waals surface area contributed by atoms with E-state index in [1.807, 2.05) is 0 Å². The van der Waals surface area contributed by atoms with E-state index in [1.165, 1.54) is 0 Å². The number of hydrogen-bond donors (Lipinski definition) is 0. The number of rotatable bonds is 3. The third-order valence-corrected chi connectivity index (χ3v) is 9.29. The topological polar surface area (TPSA) is 71.4 Å². The van der Waals surface area contributed by atoms with Gasteiger partial charge in [0.1, 0.15) is 34.9 Å². The highest BCUT2D eigenvalue weighted by molar-refractivity contribution is 6.40. The number of nitrogens with zero attached hydrogens (tertiary/aromatic N) is 3. The molecule has 4 rings (SSSR count). The lowest BCUT2D eigenvalue weighted by Crippen LogP contribution is -2.14. The summed E-state index contributed by atoms with van der Waals surface area (Å²) in [7, 11) is 0. The molecular formula is C30Cl6F15N3. The Morgan fingerprint density at radius 3 is 0.815 bits per heavy atom. The van der Waals surface area contributed by atoms with Crippen LogP contribution in [0.3, 0.4) is 0 Å². The van der Waals surface area contributed by atoms with Gasteiger partial charge in [-0.15, -0.1) is 0 Å². The number of nitriles is 3. The van der Waals surface area contributed by atoms with Crippen molar-refractivity contribution < 1.29 is 65.9 Å². The first-order chi connectivity index (χ1) is 24.6. The zero-order valence-electron chi connectivity index (χ0n) is 24.3. The lowest BCUT2D eigenvalue weighted by molar-refractivity contribution is -0.143. The summed E-state index contributed by atoms with van der Waals surface area (Å²) in [4.78, 5) is 0. The van der Waals surface area contributed by atoms with Gasteiger partial charge in [0.25, 0.3) is 0 Å². The molecule has 0 atom stereocenters. The van der Waals surface area contributed by atoms with Crippen LogP contribution in [0, 0.1) is 68.9 Å². The molecule has 0 bridgehead atoms. The van der Waals surface area contributed by atoms with E-state index in [9.17, 15) is 72.9 Å². The molecule has 3 aromatic rings. The second-order valence-corrected chi connectivity index (χ2v) is 12.4. The molecule has 282 valence electrons. The van der Waals surface area contributed by atoms with Crippen LogP contribution in [0.2, 0.25) is 30.1 Å². The first kappa shape index (κ1) is 42.8. The Labute approximate surface area is 318 Å². The third-order valence-electron chi connectivity index (χ3n) is 7.16. The smallest absolute Gasteiger partial charge is 0.205 e. The van der Waals surface area contributed by atoms with Crippen molar-refractivity contribution in [3.63, 3.8) is 0 Å². The highest BCUT2D eigenvalue weighted by Crippen LogP contribution is 2.60. The van der Waals surface area contributed by atoms with E-state index in [0.717, 1.165) is 18.2 Å². The quantitative estimate of drug-likeness (QED) is 0.149. The summed E-state index contributed by atoms with van der Waals surface area (Å²) in [5.41, 5.74) is -21.2. The fourth-order valence-electron chi connectivity index (χ4n) is 4.95. The molecule has 0 aliphatic heterocycles. The fraction of sp³-hybridized carbons (Fsp3) is 0.100. The van der Waals surface area contributed by atoms with Gasteiger partial charge in [-0.2, -0.15) is 55.3 Å². The van der Waals surface area contributed by atoms with Crippen LogP contribution in [0.4, 0.5) is 65.9 Å². The fourth-order valence-corrected chi connectivity index (χ4v) is 6.74. The standard InChI is InChI=1S/C30Cl6F15N3/c31-16-10(17(32)25(40)14(24(16)39)29(46,47)48)4(1-52)7-8(5(2-53)11-18(33)26(41)15(30(49,50)51)27(42)19(11)34)9(7)6(3-54)12-20(35)23(38)13(28(43,44)45)21(36)22(12)37/b7-4+,8-5?,9-6+. The average molecular weight is 900 g/mol. The SMILES string of the molecule is N#CC(=C1C(=C(\C#N)c2c(F)c(Cl)c(C(F)(F)F)c(F)c2Cl)/C1=C(\C#N)c1c(Cl)c(F)c(C(F)(F)F)c(F)c1Cl)c1c(Cl)c(F)c(C(F)(F)F)c(F)c1Cl. The van der Waals surface area contributed by atoms with Gasteiger partial charge >= 0.3 is 18.5 Å². The molecule has 3 aromatic carbocycles. The van der Waals surface area contributed by atoms with E-state index < -0.39 is 150 Å². The summed E-state index contributed by atoms with van der Waals surface area (Å²) >= 11 is 33.9. The van der Waals surface area contributed by atoms with Gasteiger partial charge in [-0.3, -0.25) is 0 Å². The molecule has 0 N–H and O–H groups in total. The number of halogens is 21. The summed E-state index contributed by atoms with van der Waals surface area (Å²) in [5.74, 6) is -15.5. The largest absolute Gasteiger partial charge is 0.422 e. The number of allylic oxidation sites excluding steroid dienone is 6. The molecule has 0 aromatic heterocycles. The predicted molar refractivity (Wildman–Crippen MR) is 162 cm³/mol. The molecule has 54 heavy (non-hydrogen) atoms. The van der Waals surface area contributed by atoms with Crippen molar-refractivity contribution in [1.82, 2.24) is 0 Å². The van der Waals surface area contributed by atoms with Crippen LogP contribution >= 0.6 is 69.6 Å². The number of alkyl halides is 9. The van der Waals surface area contributed by atoms with Crippen molar-refractivity contribution in [2.75, 3.05) is 0 Å². The summed E-state index contributed by atoms with van der Waals surface area (Å²) in [6.45, 7) is 0. The Morgan fingerprint density at radius 2 is 0.574 bits per heavy atom. The van der Waals surface area contributed by atoms with Gasteiger partial charge in [0.05, 0.1) is 52.4 Å². The molecule has 1 aliphatic rings. The zero-order valence-corrected chi connectivity index (χ0v) is 28.8. The molecule has 0 heterocycles. The molecule has 0 radical (unpaired) electrons. The van der Waals surface area contributed by atoms with E-state index in [0.29, 0.717) is 0 Å². The van der Waals surface area contributed by atoms with Crippen molar-refractivity contribution in [3.8, 4) is 18.2 Å². The van der Waals surface area contributed by atoms with Gasteiger partial charge in [0.15, 0.2) is 34.9 Å². The van der Waals surface area contributed by atoms with Crippen LogP contribution in [0.25, 0.3) is 16.7 Å². The first-order valence-corrected chi connectivity index (χ1v) is 15.2. The Hall–Kier alpha value is -3.96. The van der Waals surface area contributed by atoms with E-state index in [2.05, 4.69) is 0 Å². The van der Waals surface area contributed by atoms with Gasteiger partial charge in [-0.05, 0) is 0 Å². The second-order valence-electron chi connectivity index (χ2n) is 10.1. The van der Waals surface area contributed by atoms with Crippen LogP contribution in [0.15, 0.2) is 16.7 Å². The minimum absolute atomic E-state index is 1.09. The molecule has 0 unspecified atom stereocenters. The van der Waals surface area contributed by atoms with Crippen molar-refractivity contribution in [2.24, 2.45) is 0 Å². The second kappa shape index (κ2) is 14.3. The Morgan fingerprint density at radius 1 is 0.352 bits per heavy atom. The maximum absolute atomic E-state index is 15.6. The lowest BCUT2D eigenvalue weighted by atomic mass is 9.99. The summed E-state index contributed by atoms with van der Waals surface area (Å²) < 4.78 is 212. The maximum atomic E-state index is 15.6. The molecule has 0 amide bonds. The monoisotopic (exact) mass is 897 g/mol. The minimum atomic E-state index is -5.86. The zero-order chi connectivity index (χ0) is 41.5. The molecule has 3 nitrogen and oxygen atoms in total.